The molecule has 2 rings (SSSR count). The van der Waals surface area contributed by atoms with Crippen molar-refractivity contribution in [3.63, 3.8) is 0 Å². The topological polar surface area (TPSA) is 97.2 Å². The Labute approximate surface area is 161 Å². The molecule has 0 aliphatic heterocycles. The summed E-state index contributed by atoms with van der Waals surface area (Å²) in [4.78, 5) is 29.1. The van der Waals surface area contributed by atoms with Gasteiger partial charge in [-0.2, -0.15) is 0 Å². The lowest BCUT2D eigenvalue weighted by Gasteiger charge is -2.15. The number of hydrogen-bond acceptors (Lipinski definition) is 8. The Morgan fingerprint density at radius 2 is 1.89 bits per heavy atom. The Morgan fingerprint density at radius 3 is 2.44 bits per heavy atom. The molecule has 1 aromatic carbocycles. The number of nitrogens with zero attached hydrogens (tertiary/aromatic N) is 1. The van der Waals surface area contributed by atoms with Gasteiger partial charge in [0, 0.05) is 16.7 Å². The maximum absolute atomic E-state index is 12.2. The third-order valence-electron chi connectivity index (χ3n) is 3.95. The fourth-order valence-corrected chi connectivity index (χ4v) is 3.52. The standard InChI is InChI=1S/C19H21NO6S/c1-6-26-19(23)14-10(2)11(3)27-17(14)20-9-12-7-8-13(24-4)16(25-5)15(12)18(21)22/h7-9H,6H2,1-5H3,(H,21,22)/p-1. The number of aryl methyl sites for hydroxylation is 1. The number of thiophene rings is 1. The van der Waals surface area contributed by atoms with Gasteiger partial charge in [0.25, 0.3) is 0 Å². The van der Waals surface area contributed by atoms with E-state index in [4.69, 9.17) is 14.2 Å². The van der Waals surface area contributed by atoms with Crippen molar-refractivity contribution in [3.8, 4) is 11.5 Å². The lowest BCUT2D eigenvalue weighted by molar-refractivity contribution is -0.255. The Hall–Kier alpha value is -2.87. The quantitative estimate of drug-likeness (QED) is 0.533. The summed E-state index contributed by atoms with van der Waals surface area (Å²) in [6.07, 6.45) is 1.36. The van der Waals surface area contributed by atoms with E-state index in [2.05, 4.69) is 4.99 Å². The van der Waals surface area contributed by atoms with Gasteiger partial charge in [0.2, 0.25) is 0 Å². The van der Waals surface area contributed by atoms with Crippen LogP contribution in [0, 0.1) is 13.8 Å². The number of carboxylic acid groups (broad SMARTS) is 1. The van der Waals surface area contributed by atoms with E-state index in [1.165, 1.54) is 37.8 Å². The molecule has 0 unspecified atom stereocenters. The summed E-state index contributed by atoms with van der Waals surface area (Å²) < 4.78 is 15.4. The molecule has 0 saturated carbocycles. The molecule has 144 valence electrons. The SMILES string of the molecule is CCOC(=O)c1c(N=Cc2ccc(OC)c(OC)c2C(=O)[O-])sc(C)c1C. The Balaban J connectivity index is 2.55. The van der Waals surface area contributed by atoms with Crippen LogP contribution in [0.1, 0.15) is 43.6 Å². The zero-order chi connectivity index (χ0) is 20.1. The first-order valence-corrected chi connectivity index (χ1v) is 8.94. The fourth-order valence-electron chi connectivity index (χ4n) is 2.53. The van der Waals surface area contributed by atoms with Gasteiger partial charge in [-0.15, -0.1) is 11.3 Å². The summed E-state index contributed by atoms with van der Waals surface area (Å²) in [6, 6.07) is 3.11. The highest BCUT2D eigenvalue weighted by Gasteiger charge is 2.21. The van der Waals surface area contributed by atoms with Crippen LogP contribution in [-0.2, 0) is 4.74 Å². The average molecular weight is 390 g/mol. The van der Waals surface area contributed by atoms with E-state index in [1.807, 2.05) is 13.8 Å². The van der Waals surface area contributed by atoms with Gasteiger partial charge in [-0.3, -0.25) is 0 Å². The number of ether oxygens (including phenoxy) is 3. The summed E-state index contributed by atoms with van der Waals surface area (Å²) in [6.45, 7) is 5.68. The first-order valence-electron chi connectivity index (χ1n) is 8.13. The molecule has 0 N–H and O–H groups in total. The van der Waals surface area contributed by atoms with E-state index in [0.29, 0.717) is 10.6 Å². The Bertz CT molecular complexity index is 900. The van der Waals surface area contributed by atoms with E-state index in [9.17, 15) is 14.7 Å². The lowest BCUT2D eigenvalue weighted by atomic mass is 10.1. The molecule has 0 atom stereocenters. The summed E-state index contributed by atoms with van der Waals surface area (Å²) in [5.41, 5.74) is 1.26. The molecule has 27 heavy (non-hydrogen) atoms. The minimum Gasteiger partial charge on any atom is -0.545 e. The predicted molar refractivity (Wildman–Crippen MR) is 101 cm³/mol. The number of benzene rings is 1. The van der Waals surface area contributed by atoms with Crippen LogP contribution in [0.5, 0.6) is 11.5 Å². The molecule has 0 amide bonds. The molecule has 0 aliphatic rings. The zero-order valence-electron chi connectivity index (χ0n) is 15.7. The normalized spacial score (nSPS) is 10.9. The van der Waals surface area contributed by atoms with Gasteiger partial charge in [-0.05, 0) is 38.5 Å². The van der Waals surface area contributed by atoms with E-state index in [-0.39, 0.29) is 29.2 Å². The summed E-state index contributed by atoms with van der Waals surface area (Å²) >= 11 is 1.33. The van der Waals surface area contributed by atoms with E-state index in [0.717, 1.165) is 10.4 Å². The van der Waals surface area contributed by atoms with Crippen molar-refractivity contribution < 1.29 is 28.9 Å². The second-order valence-electron chi connectivity index (χ2n) is 5.49. The number of hydrogen-bond donors (Lipinski definition) is 0. The molecule has 0 aliphatic carbocycles. The van der Waals surface area contributed by atoms with Gasteiger partial charge >= 0.3 is 5.97 Å². The predicted octanol–water partition coefficient (Wildman–Crippen LogP) is 2.67. The number of aliphatic imine (C=N–C) groups is 1. The van der Waals surface area contributed by atoms with Crippen LogP contribution in [0.3, 0.4) is 0 Å². The van der Waals surface area contributed by atoms with E-state index < -0.39 is 11.9 Å². The molecule has 1 heterocycles. The monoisotopic (exact) mass is 390 g/mol. The molecule has 0 fully saturated rings. The van der Waals surface area contributed by atoms with Crippen molar-refractivity contribution >= 4 is 34.5 Å². The molecule has 0 spiro atoms. The van der Waals surface area contributed by atoms with Gasteiger partial charge in [0.15, 0.2) is 11.5 Å². The molecule has 7 nitrogen and oxygen atoms in total. The van der Waals surface area contributed by atoms with Crippen LogP contribution in [-0.4, -0.2) is 39.0 Å². The minimum absolute atomic E-state index is 0.0469. The molecule has 2 aromatic rings. The maximum atomic E-state index is 12.2. The van der Waals surface area contributed by atoms with Crippen LogP contribution in [0.2, 0.25) is 0 Å². The zero-order valence-corrected chi connectivity index (χ0v) is 16.6. The molecule has 0 bridgehead atoms. The second kappa shape index (κ2) is 8.68. The number of carbonyl (C=O) groups excluding carboxylic acids is 2. The highest BCUT2D eigenvalue weighted by Crippen LogP contribution is 2.36. The summed E-state index contributed by atoms with van der Waals surface area (Å²) in [5.74, 6) is -1.57. The lowest BCUT2D eigenvalue weighted by Crippen LogP contribution is -2.24. The van der Waals surface area contributed by atoms with Gasteiger partial charge in [-0.25, -0.2) is 9.79 Å². The molecule has 0 radical (unpaired) electrons. The Kier molecular flexibility index (Phi) is 6.57. The molecular weight excluding hydrogens is 370 g/mol. The second-order valence-corrected chi connectivity index (χ2v) is 6.70. The van der Waals surface area contributed by atoms with Gasteiger partial charge in [0.1, 0.15) is 5.00 Å². The molecule has 0 saturated heterocycles. The first-order chi connectivity index (χ1) is 12.8. The van der Waals surface area contributed by atoms with E-state index in [1.54, 1.807) is 13.0 Å². The van der Waals surface area contributed by atoms with Gasteiger partial charge < -0.3 is 24.1 Å². The summed E-state index contributed by atoms with van der Waals surface area (Å²) in [5, 5.41) is 12.1. The third kappa shape index (κ3) is 4.11. The van der Waals surface area contributed by atoms with Crippen molar-refractivity contribution in [3.05, 3.63) is 39.3 Å². The minimum atomic E-state index is -1.42. The molecular formula is C19H20NO6S-. The first kappa shape index (κ1) is 20.4. The van der Waals surface area contributed by atoms with Crippen LogP contribution in [0.25, 0.3) is 0 Å². The van der Waals surface area contributed by atoms with Gasteiger partial charge in [-0.1, -0.05) is 0 Å². The largest absolute Gasteiger partial charge is 0.545 e. The fraction of sp³-hybridized carbons (Fsp3) is 0.316. The van der Waals surface area contributed by atoms with E-state index >= 15 is 0 Å². The summed E-state index contributed by atoms with van der Waals surface area (Å²) in [7, 11) is 2.75. The van der Waals surface area contributed by atoms with Crippen LogP contribution in [0.15, 0.2) is 17.1 Å². The highest BCUT2D eigenvalue weighted by atomic mass is 32.1. The third-order valence-corrected chi connectivity index (χ3v) is 5.06. The average Bonchev–Trinajstić information content (AvgIpc) is 2.93. The van der Waals surface area contributed by atoms with Crippen LogP contribution >= 0.6 is 11.3 Å². The number of carbonyl (C=O) groups is 2. The van der Waals surface area contributed by atoms with Crippen LogP contribution in [0.4, 0.5) is 5.00 Å². The molecule has 8 heteroatoms. The molecule has 1 aromatic heterocycles. The number of methoxy groups -OCH3 is 2. The maximum Gasteiger partial charge on any atom is 0.341 e. The Morgan fingerprint density at radius 1 is 1.19 bits per heavy atom. The highest BCUT2D eigenvalue weighted by molar-refractivity contribution is 7.16. The van der Waals surface area contributed by atoms with Crippen molar-refractivity contribution in [1.29, 1.82) is 0 Å². The van der Waals surface area contributed by atoms with Crippen molar-refractivity contribution in [2.75, 3.05) is 20.8 Å². The van der Waals surface area contributed by atoms with Crippen molar-refractivity contribution in [1.82, 2.24) is 0 Å². The smallest absolute Gasteiger partial charge is 0.341 e. The number of esters is 1. The number of aromatic carboxylic acids is 1. The van der Waals surface area contributed by atoms with Crippen LogP contribution < -0.4 is 14.6 Å². The number of rotatable bonds is 7. The van der Waals surface area contributed by atoms with Gasteiger partial charge in [0.05, 0.1) is 37.9 Å². The number of carboxylic acids is 1. The van der Waals surface area contributed by atoms with Crippen molar-refractivity contribution in [2.24, 2.45) is 4.99 Å². The van der Waals surface area contributed by atoms with Crippen molar-refractivity contribution in [2.45, 2.75) is 20.8 Å².